The van der Waals surface area contributed by atoms with Crippen LogP contribution in [0.4, 0.5) is 0 Å². The van der Waals surface area contributed by atoms with Gasteiger partial charge in [-0.05, 0) is 30.8 Å². The molecule has 0 saturated heterocycles. The smallest absolute Gasteiger partial charge is 0.234 e. The predicted octanol–water partition coefficient (Wildman–Crippen LogP) is 2.71. The Kier molecular flexibility index (Phi) is 6.89. The van der Waals surface area contributed by atoms with Crippen LogP contribution in [0.1, 0.15) is 44.0 Å². The minimum Gasteiger partial charge on any atom is -0.347 e. The molecule has 2 N–H and O–H groups in total. The van der Waals surface area contributed by atoms with Gasteiger partial charge in [0.15, 0.2) is 0 Å². The first-order valence-corrected chi connectivity index (χ1v) is 7.19. The Morgan fingerprint density at radius 1 is 1.41 bits per heavy atom. The number of amides is 1. The second-order valence-corrected chi connectivity index (χ2v) is 5.08. The van der Waals surface area contributed by atoms with Gasteiger partial charge in [-0.25, -0.2) is 0 Å². The quantitative estimate of drug-likeness (QED) is 0.700. The lowest BCUT2D eigenvalue weighted by molar-refractivity contribution is -0.121. The summed E-state index contributed by atoms with van der Waals surface area (Å²) in [5.74, 6) is 0.0882. The highest BCUT2D eigenvalue weighted by molar-refractivity contribution is 7.10. The highest BCUT2D eigenvalue weighted by Crippen LogP contribution is 2.22. The van der Waals surface area contributed by atoms with Crippen molar-refractivity contribution in [3.63, 3.8) is 0 Å². The predicted molar refractivity (Wildman–Crippen MR) is 73.3 cm³/mol. The van der Waals surface area contributed by atoms with Gasteiger partial charge in [0, 0.05) is 4.88 Å². The Morgan fingerprint density at radius 2 is 2.24 bits per heavy atom. The van der Waals surface area contributed by atoms with E-state index in [0.717, 1.165) is 25.8 Å². The van der Waals surface area contributed by atoms with Crippen LogP contribution in [0.15, 0.2) is 17.5 Å². The van der Waals surface area contributed by atoms with Crippen molar-refractivity contribution in [1.82, 2.24) is 10.6 Å². The fourth-order valence-corrected chi connectivity index (χ4v) is 2.50. The SMILES string of the molecule is CCCNCC(=O)NC(CCC)c1cccs1. The van der Waals surface area contributed by atoms with E-state index in [2.05, 4.69) is 35.9 Å². The molecular weight excluding hydrogens is 232 g/mol. The van der Waals surface area contributed by atoms with Gasteiger partial charge in [0.1, 0.15) is 0 Å². The number of rotatable bonds is 8. The molecule has 1 aromatic rings. The van der Waals surface area contributed by atoms with Crippen LogP contribution in [0.2, 0.25) is 0 Å². The Balaban J connectivity index is 2.41. The van der Waals surface area contributed by atoms with Crippen LogP contribution in [-0.4, -0.2) is 19.0 Å². The Morgan fingerprint density at radius 3 is 2.82 bits per heavy atom. The van der Waals surface area contributed by atoms with Gasteiger partial charge in [0.25, 0.3) is 0 Å². The molecule has 0 saturated carbocycles. The number of nitrogens with one attached hydrogen (secondary N) is 2. The van der Waals surface area contributed by atoms with Gasteiger partial charge in [0.05, 0.1) is 12.6 Å². The summed E-state index contributed by atoms with van der Waals surface area (Å²) in [7, 11) is 0. The largest absolute Gasteiger partial charge is 0.347 e. The maximum absolute atomic E-state index is 11.7. The molecule has 1 aromatic heterocycles. The van der Waals surface area contributed by atoms with E-state index in [-0.39, 0.29) is 11.9 Å². The molecule has 0 aromatic carbocycles. The highest BCUT2D eigenvalue weighted by Gasteiger charge is 2.13. The van der Waals surface area contributed by atoms with Crippen LogP contribution in [0.25, 0.3) is 0 Å². The van der Waals surface area contributed by atoms with Crippen LogP contribution < -0.4 is 10.6 Å². The Labute approximate surface area is 108 Å². The van der Waals surface area contributed by atoms with E-state index in [0.29, 0.717) is 6.54 Å². The van der Waals surface area contributed by atoms with Crippen molar-refractivity contribution < 1.29 is 4.79 Å². The van der Waals surface area contributed by atoms with Crippen LogP contribution in [-0.2, 0) is 4.79 Å². The molecule has 1 atom stereocenters. The Hall–Kier alpha value is -0.870. The molecule has 3 nitrogen and oxygen atoms in total. The lowest BCUT2D eigenvalue weighted by Gasteiger charge is -2.16. The van der Waals surface area contributed by atoms with E-state index in [1.165, 1.54) is 4.88 Å². The first-order valence-electron chi connectivity index (χ1n) is 6.31. The van der Waals surface area contributed by atoms with Crippen molar-refractivity contribution in [3.8, 4) is 0 Å². The minimum atomic E-state index is 0.0882. The normalized spacial score (nSPS) is 12.4. The van der Waals surface area contributed by atoms with Crippen molar-refractivity contribution in [3.05, 3.63) is 22.4 Å². The summed E-state index contributed by atoms with van der Waals surface area (Å²) in [6.45, 7) is 5.54. The van der Waals surface area contributed by atoms with Crippen molar-refractivity contribution in [2.45, 2.75) is 39.2 Å². The maximum atomic E-state index is 11.7. The third-order valence-electron chi connectivity index (χ3n) is 2.51. The average Bonchev–Trinajstić information content (AvgIpc) is 2.82. The first-order chi connectivity index (χ1) is 8.27. The van der Waals surface area contributed by atoms with E-state index in [1.54, 1.807) is 11.3 Å². The number of hydrogen-bond donors (Lipinski definition) is 2. The molecule has 0 spiro atoms. The third kappa shape index (κ3) is 5.33. The second-order valence-electron chi connectivity index (χ2n) is 4.10. The molecule has 0 radical (unpaired) electrons. The van der Waals surface area contributed by atoms with Crippen LogP contribution >= 0.6 is 11.3 Å². The highest BCUT2D eigenvalue weighted by atomic mass is 32.1. The zero-order valence-electron chi connectivity index (χ0n) is 10.7. The van der Waals surface area contributed by atoms with Crippen molar-refractivity contribution in [2.75, 3.05) is 13.1 Å². The molecule has 0 aliphatic heterocycles. The fraction of sp³-hybridized carbons (Fsp3) is 0.615. The topological polar surface area (TPSA) is 41.1 Å². The summed E-state index contributed by atoms with van der Waals surface area (Å²) in [4.78, 5) is 13.0. The maximum Gasteiger partial charge on any atom is 0.234 e. The number of hydrogen-bond acceptors (Lipinski definition) is 3. The van der Waals surface area contributed by atoms with Gasteiger partial charge in [-0.15, -0.1) is 11.3 Å². The lowest BCUT2D eigenvalue weighted by Crippen LogP contribution is -2.36. The number of carbonyl (C=O) groups is 1. The molecule has 96 valence electrons. The average molecular weight is 254 g/mol. The van der Waals surface area contributed by atoms with Crippen molar-refractivity contribution in [2.24, 2.45) is 0 Å². The summed E-state index contributed by atoms with van der Waals surface area (Å²) in [5, 5.41) is 8.26. The molecule has 4 heteroatoms. The molecule has 0 fully saturated rings. The van der Waals surface area contributed by atoms with Crippen LogP contribution in [0, 0.1) is 0 Å². The molecule has 1 heterocycles. The molecular formula is C13H22N2OS. The minimum absolute atomic E-state index is 0.0882. The zero-order chi connectivity index (χ0) is 12.5. The number of carbonyl (C=O) groups excluding carboxylic acids is 1. The first kappa shape index (κ1) is 14.2. The molecule has 17 heavy (non-hydrogen) atoms. The standard InChI is InChI=1S/C13H22N2OS/c1-3-6-11(12-7-5-9-17-12)15-13(16)10-14-8-4-2/h5,7,9,11,14H,3-4,6,8,10H2,1-2H3,(H,15,16). The van der Waals surface area contributed by atoms with Gasteiger partial charge in [-0.2, -0.15) is 0 Å². The van der Waals surface area contributed by atoms with E-state index < -0.39 is 0 Å². The zero-order valence-corrected chi connectivity index (χ0v) is 11.5. The Bertz CT molecular complexity index is 311. The van der Waals surface area contributed by atoms with Gasteiger partial charge in [-0.3, -0.25) is 4.79 Å². The van der Waals surface area contributed by atoms with Crippen molar-refractivity contribution in [1.29, 1.82) is 0 Å². The van der Waals surface area contributed by atoms with Crippen LogP contribution in [0.3, 0.4) is 0 Å². The third-order valence-corrected chi connectivity index (χ3v) is 3.50. The van der Waals surface area contributed by atoms with Gasteiger partial charge < -0.3 is 10.6 Å². The molecule has 0 aliphatic rings. The van der Waals surface area contributed by atoms with E-state index in [9.17, 15) is 4.79 Å². The van der Waals surface area contributed by atoms with Gasteiger partial charge in [0.2, 0.25) is 5.91 Å². The fourth-order valence-electron chi connectivity index (χ4n) is 1.69. The van der Waals surface area contributed by atoms with Crippen molar-refractivity contribution >= 4 is 17.2 Å². The summed E-state index contributed by atoms with van der Waals surface area (Å²) in [6, 6.07) is 4.30. The summed E-state index contributed by atoms with van der Waals surface area (Å²) in [5.41, 5.74) is 0. The summed E-state index contributed by atoms with van der Waals surface area (Å²) < 4.78 is 0. The van der Waals surface area contributed by atoms with E-state index >= 15 is 0 Å². The second kappa shape index (κ2) is 8.25. The molecule has 1 amide bonds. The lowest BCUT2D eigenvalue weighted by atomic mass is 10.1. The molecule has 0 bridgehead atoms. The summed E-state index contributed by atoms with van der Waals surface area (Å²) >= 11 is 1.71. The monoisotopic (exact) mass is 254 g/mol. The van der Waals surface area contributed by atoms with Gasteiger partial charge >= 0.3 is 0 Å². The number of thiophene rings is 1. The van der Waals surface area contributed by atoms with E-state index in [4.69, 9.17) is 0 Å². The van der Waals surface area contributed by atoms with Crippen LogP contribution in [0.5, 0.6) is 0 Å². The molecule has 1 unspecified atom stereocenters. The van der Waals surface area contributed by atoms with Gasteiger partial charge in [-0.1, -0.05) is 26.3 Å². The van der Waals surface area contributed by atoms with E-state index in [1.807, 2.05) is 6.07 Å². The molecule has 0 aliphatic carbocycles. The summed E-state index contributed by atoms with van der Waals surface area (Å²) in [6.07, 6.45) is 3.13. The molecule has 1 rings (SSSR count).